The number of fused-ring (bicyclic) bond motifs is 4. The third kappa shape index (κ3) is 4.38. The maximum atomic E-state index is 12.9. The van der Waals surface area contributed by atoms with Crippen LogP contribution in [0.4, 0.5) is 10.6 Å². The number of hydrogen-bond donors (Lipinski definition) is 1. The first-order valence-corrected chi connectivity index (χ1v) is 11.9. The molecule has 0 radical (unpaired) electrons. The standard InChI is InChI=1S/C26H34N4O3/c1-26(2)16-32-21-13-18(19-6-8-23(27-14-19)29(3)4)5-7-20(21)24(26)28-25(31)33-22-15-30-11-9-17(22)10-12-30/h5-8,13-14,17,22,24H,9-12,15-16H2,1-4H3,(H,28,31)/t22-,24?/m1/s1. The molecule has 6 rings (SSSR count). The van der Waals surface area contributed by atoms with Crippen LogP contribution in [0.25, 0.3) is 11.1 Å². The Morgan fingerprint density at radius 1 is 1.18 bits per heavy atom. The van der Waals surface area contributed by atoms with E-state index in [1.807, 2.05) is 37.3 Å². The Morgan fingerprint density at radius 2 is 1.94 bits per heavy atom. The number of carbonyl (C=O) groups excluding carboxylic acids is 1. The molecule has 3 saturated heterocycles. The highest BCUT2D eigenvalue weighted by Gasteiger charge is 2.41. The SMILES string of the molecule is CN(C)c1ccc(-c2ccc3c(c2)OCC(C)(C)C3NC(=O)O[C@@H]2CN3CCC2CC3)cn1. The fourth-order valence-electron chi connectivity index (χ4n) is 5.27. The van der Waals surface area contributed by atoms with Gasteiger partial charge >= 0.3 is 6.09 Å². The summed E-state index contributed by atoms with van der Waals surface area (Å²) in [6.45, 7) is 7.87. The third-order valence-corrected chi connectivity index (χ3v) is 7.36. The minimum Gasteiger partial charge on any atom is -0.493 e. The van der Waals surface area contributed by atoms with Gasteiger partial charge in [-0.3, -0.25) is 4.90 Å². The van der Waals surface area contributed by atoms with Crippen LogP contribution in [0, 0.1) is 11.3 Å². The molecule has 1 N–H and O–H groups in total. The minimum atomic E-state index is -0.327. The van der Waals surface area contributed by atoms with Crippen LogP contribution in [0.5, 0.6) is 5.75 Å². The lowest BCUT2D eigenvalue weighted by Gasteiger charge is -2.44. The monoisotopic (exact) mass is 450 g/mol. The molecule has 4 aliphatic heterocycles. The highest BCUT2D eigenvalue weighted by Crippen LogP contribution is 2.44. The first-order valence-electron chi connectivity index (χ1n) is 11.9. The summed E-state index contributed by atoms with van der Waals surface area (Å²) in [6.07, 6.45) is 3.79. The van der Waals surface area contributed by atoms with E-state index >= 15 is 0 Å². The van der Waals surface area contributed by atoms with Crippen LogP contribution >= 0.6 is 0 Å². The van der Waals surface area contributed by atoms with Gasteiger partial charge in [0.15, 0.2) is 0 Å². The zero-order chi connectivity index (χ0) is 23.2. The maximum Gasteiger partial charge on any atom is 0.407 e. The summed E-state index contributed by atoms with van der Waals surface area (Å²) in [4.78, 5) is 21.8. The molecule has 0 aliphatic carbocycles. The van der Waals surface area contributed by atoms with Gasteiger partial charge in [-0.25, -0.2) is 9.78 Å². The Hall–Kier alpha value is -2.80. The second-order valence-corrected chi connectivity index (χ2v) is 10.5. The van der Waals surface area contributed by atoms with Gasteiger partial charge in [0, 0.05) is 43.4 Å². The van der Waals surface area contributed by atoms with Crippen molar-refractivity contribution in [2.24, 2.45) is 11.3 Å². The predicted octanol–water partition coefficient (Wildman–Crippen LogP) is 4.09. The van der Waals surface area contributed by atoms with Crippen molar-refractivity contribution < 1.29 is 14.3 Å². The number of ether oxygens (including phenoxy) is 2. The Morgan fingerprint density at radius 3 is 2.58 bits per heavy atom. The van der Waals surface area contributed by atoms with E-state index in [4.69, 9.17) is 9.47 Å². The summed E-state index contributed by atoms with van der Waals surface area (Å²) >= 11 is 0. The quantitative estimate of drug-likeness (QED) is 0.757. The number of hydrogen-bond acceptors (Lipinski definition) is 6. The highest BCUT2D eigenvalue weighted by atomic mass is 16.6. The van der Waals surface area contributed by atoms with E-state index in [2.05, 4.69) is 47.2 Å². The van der Waals surface area contributed by atoms with Crippen molar-refractivity contribution in [2.45, 2.75) is 38.8 Å². The molecule has 5 heterocycles. The molecule has 3 fully saturated rings. The van der Waals surface area contributed by atoms with E-state index in [0.717, 1.165) is 60.7 Å². The van der Waals surface area contributed by atoms with Gasteiger partial charge in [-0.05, 0) is 55.6 Å². The highest BCUT2D eigenvalue weighted by molar-refractivity contribution is 5.70. The van der Waals surface area contributed by atoms with Gasteiger partial charge in [0.2, 0.25) is 0 Å². The molecule has 0 saturated carbocycles. The fourth-order valence-corrected chi connectivity index (χ4v) is 5.27. The number of carbonyl (C=O) groups is 1. The summed E-state index contributed by atoms with van der Waals surface area (Å²) in [5, 5.41) is 3.17. The molecule has 7 heteroatoms. The lowest BCUT2D eigenvalue weighted by molar-refractivity contribution is -0.0361. The number of benzene rings is 1. The van der Waals surface area contributed by atoms with Gasteiger partial charge in [-0.15, -0.1) is 0 Å². The number of anilines is 1. The molecule has 7 nitrogen and oxygen atoms in total. The largest absolute Gasteiger partial charge is 0.493 e. The molecule has 1 unspecified atom stereocenters. The van der Waals surface area contributed by atoms with Crippen LogP contribution in [0.3, 0.4) is 0 Å². The first kappa shape index (κ1) is 22.0. The molecule has 0 spiro atoms. The van der Waals surface area contributed by atoms with Crippen molar-refractivity contribution in [3.8, 4) is 16.9 Å². The fraction of sp³-hybridized carbons (Fsp3) is 0.538. The minimum absolute atomic E-state index is 0.00469. The molecule has 33 heavy (non-hydrogen) atoms. The summed E-state index contributed by atoms with van der Waals surface area (Å²) in [5.74, 6) is 2.21. The first-order chi connectivity index (χ1) is 15.8. The zero-order valence-corrected chi connectivity index (χ0v) is 20.0. The second-order valence-electron chi connectivity index (χ2n) is 10.5. The molecular weight excluding hydrogens is 416 g/mol. The number of nitrogens with zero attached hydrogens (tertiary/aromatic N) is 3. The Bertz CT molecular complexity index is 1010. The van der Waals surface area contributed by atoms with Crippen LogP contribution in [0.1, 0.15) is 38.3 Å². The van der Waals surface area contributed by atoms with Gasteiger partial charge < -0.3 is 19.7 Å². The number of piperidine rings is 3. The van der Waals surface area contributed by atoms with E-state index in [-0.39, 0.29) is 23.7 Å². The lowest BCUT2D eigenvalue weighted by Crippen LogP contribution is -2.53. The maximum absolute atomic E-state index is 12.9. The molecule has 2 bridgehead atoms. The van der Waals surface area contributed by atoms with E-state index in [1.165, 1.54) is 0 Å². The van der Waals surface area contributed by atoms with Crippen molar-refractivity contribution in [3.63, 3.8) is 0 Å². The van der Waals surface area contributed by atoms with Gasteiger partial charge in [0.05, 0.1) is 12.6 Å². The topological polar surface area (TPSA) is 66.9 Å². The molecule has 1 amide bonds. The summed E-state index contributed by atoms with van der Waals surface area (Å²) in [5.41, 5.74) is 2.80. The van der Waals surface area contributed by atoms with Gasteiger partial charge in [0.25, 0.3) is 0 Å². The van der Waals surface area contributed by atoms with Crippen LogP contribution in [-0.4, -0.2) is 62.4 Å². The van der Waals surface area contributed by atoms with Gasteiger partial charge in [-0.2, -0.15) is 0 Å². The van der Waals surface area contributed by atoms with Crippen molar-refractivity contribution in [3.05, 3.63) is 42.1 Å². The van der Waals surface area contributed by atoms with Gasteiger partial charge in [-0.1, -0.05) is 26.0 Å². The summed E-state index contributed by atoms with van der Waals surface area (Å²) in [7, 11) is 3.95. The molecule has 4 aliphatic rings. The molecule has 1 aromatic heterocycles. The Balaban J connectivity index is 1.33. The second kappa shape index (κ2) is 8.52. The smallest absolute Gasteiger partial charge is 0.407 e. The predicted molar refractivity (Wildman–Crippen MR) is 129 cm³/mol. The number of alkyl carbamates (subject to hydrolysis) is 1. The Labute approximate surface area is 196 Å². The van der Waals surface area contributed by atoms with E-state index < -0.39 is 0 Å². The van der Waals surface area contributed by atoms with Crippen molar-refractivity contribution in [1.29, 1.82) is 0 Å². The Kier molecular flexibility index (Phi) is 5.69. The normalized spacial score (nSPS) is 27.3. The molecular formula is C26H34N4O3. The lowest BCUT2D eigenvalue weighted by atomic mass is 9.78. The molecule has 1 aromatic carbocycles. The molecule has 2 atom stereocenters. The van der Waals surface area contributed by atoms with E-state index in [1.54, 1.807) is 0 Å². The number of aromatic nitrogens is 1. The summed E-state index contributed by atoms with van der Waals surface area (Å²) in [6, 6.07) is 10.1. The van der Waals surface area contributed by atoms with Crippen molar-refractivity contribution in [2.75, 3.05) is 45.2 Å². The number of rotatable bonds is 4. The molecule has 2 aromatic rings. The van der Waals surface area contributed by atoms with Crippen molar-refractivity contribution in [1.82, 2.24) is 15.2 Å². The molecule has 176 valence electrons. The zero-order valence-electron chi connectivity index (χ0n) is 20.0. The third-order valence-electron chi connectivity index (χ3n) is 7.36. The number of nitrogens with one attached hydrogen (secondary N) is 1. The number of amides is 1. The average Bonchev–Trinajstić information content (AvgIpc) is 2.81. The van der Waals surface area contributed by atoms with E-state index in [9.17, 15) is 4.79 Å². The van der Waals surface area contributed by atoms with Crippen LogP contribution < -0.4 is 15.0 Å². The average molecular weight is 451 g/mol. The van der Waals surface area contributed by atoms with Crippen molar-refractivity contribution >= 4 is 11.9 Å². The van der Waals surface area contributed by atoms with Crippen LogP contribution in [-0.2, 0) is 4.74 Å². The van der Waals surface area contributed by atoms with Crippen LogP contribution in [0.2, 0.25) is 0 Å². The van der Waals surface area contributed by atoms with Gasteiger partial charge in [0.1, 0.15) is 17.7 Å². The van der Waals surface area contributed by atoms with Crippen LogP contribution in [0.15, 0.2) is 36.5 Å². The summed E-state index contributed by atoms with van der Waals surface area (Å²) < 4.78 is 12.1. The van der Waals surface area contributed by atoms with E-state index in [0.29, 0.717) is 12.5 Å². The number of pyridine rings is 1.